The molecule has 0 spiro atoms. The molecular weight excluding hydrogens is 452 g/mol. The Morgan fingerprint density at radius 1 is 1.06 bits per heavy atom. The van der Waals surface area contributed by atoms with Gasteiger partial charge in [0.2, 0.25) is 5.91 Å². The summed E-state index contributed by atoms with van der Waals surface area (Å²) in [6.45, 7) is 3.21. The van der Waals surface area contributed by atoms with E-state index in [2.05, 4.69) is 16.3 Å². The van der Waals surface area contributed by atoms with E-state index >= 15 is 0 Å². The first kappa shape index (κ1) is 23.7. The Morgan fingerprint density at radius 3 is 2.24 bits per heavy atom. The fourth-order valence-electron chi connectivity index (χ4n) is 4.67. The molecule has 2 aliphatic heterocycles. The predicted octanol–water partition coefficient (Wildman–Crippen LogP) is 4.78. The molecule has 2 heterocycles. The number of rotatable bonds is 7. The number of likely N-dealkylation sites (tertiary alicyclic amines) is 1. The molecule has 2 aliphatic rings. The summed E-state index contributed by atoms with van der Waals surface area (Å²) in [5.41, 5.74) is 1.80. The summed E-state index contributed by atoms with van der Waals surface area (Å²) in [6, 6.07) is 17.5. The van der Waals surface area contributed by atoms with E-state index in [1.165, 1.54) is 19.3 Å². The number of halogens is 1. The van der Waals surface area contributed by atoms with Gasteiger partial charge in [0.1, 0.15) is 5.41 Å². The van der Waals surface area contributed by atoms with Gasteiger partial charge >= 0.3 is 0 Å². The molecule has 5 nitrogen and oxygen atoms in total. The van der Waals surface area contributed by atoms with Crippen LogP contribution in [0.4, 0.5) is 5.69 Å². The maximum Gasteiger partial charge on any atom is 0.245 e. The number of nitrogens with one attached hydrogen (secondary N) is 1. The second-order valence-corrected chi connectivity index (χ2v) is 10.3. The minimum atomic E-state index is -1.20. The molecule has 4 rings (SSSR count). The molecule has 33 heavy (non-hydrogen) atoms. The van der Waals surface area contributed by atoms with Crippen LogP contribution < -0.4 is 10.2 Å². The second-order valence-electron chi connectivity index (χ2n) is 8.72. The van der Waals surface area contributed by atoms with Crippen LogP contribution in [0.15, 0.2) is 59.1 Å². The number of amides is 1. The largest absolute Gasteiger partial charge is 0.378 e. The highest BCUT2D eigenvalue weighted by atomic mass is 35.5. The van der Waals surface area contributed by atoms with Crippen LogP contribution >= 0.6 is 23.4 Å². The summed E-state index contributed by atoms with van der Waals surface area (Å²) < 4.78 is 0. The number of nitrogens with zero attached hydrogens (tertiary/aromatic N) is 3. The maximum atomic E-state index is 13.7. The number of piperidine rings is 1. The van der Waals surface area contributed by atoms with Gasteiger partial charge in [0.05, 0.1) is 16.7 Å². The third-order valence-corrected chi connectivity index (χ3v) is 7.71. The number of hydrogen-bond donors (Lipinski definition) is 1. The summed E-state index contributed by atoms with van der Waals surface area (Å²) in [7, 11) is 3.95. The van der Waals surface area contributed by atoms with Gasteiger partial charge < -0.3 is 15.1 Å². The summed E-state index contributed by atoms with van der Waals surface area (Å²) >= 11 is 7.72. The second kappa shape index (κ2) is 10.2. The molecule has 2 aromatic carbocycles. The number of nitriles is 1. The number of carbonyl (C=O) groups excluding carboxylic acids is 1. The van der Waals surface area contributed by atoms with E-state index in [1.54, 1.807) is 23.9 Å². The Hall–Kier alpha value is -2.46. The summed E-state index contributed by atoms with van der Waals surface area (Å²) in [5.74, 6) is 0.635. The van der Waals surface area contributed by atoms with Gasteiger partial charge in [0.25, 0.3) is 0 Å². The minimum Gasteiger partial charge on any atom is -0.378 e. The van der Waals surface area contributed by atoms with Crippen LogP contribution in [0.25, 0.3) is 0 Å². The van der Waals surface area contributed by atoms with Gasteiger partial charge in [0.15, 0.2) is 0 Å². The first-order chi connectivity index (χ1) is 16.0. The van der Waals surface area contributed by atoms with Crippen molar-refractivity contribution in [3.05, 3.63) is 75.3 Å². The van der Waals surface area contributed by atoms with E-state index in [0.717, 1.165) is 42.2 Å². The Morgan fingerprint density at radius 2 is 1.67 bits per heavy atom. The molecule has 1 fully saturated rings. The molecule has 1 saturated heterocycles. The van der Waals surface area contributed by atoms with E-state index in [-0.39, 0.29) is 5.91 Å². The molecule has 172 valence electrons. The lowest BCUT2D eigenvalue weighted by molar-refractivity contribution is -0.122. The molecule has 0 bridgehead atoms. The number of anilines is 1. The zero-order chi connectivity index (χ0) is 23.4. The van der Waals surface area contributed by atoms with Crippen molar-refractivity contribution in [2.24, 2.45) is 0 Å². The molecule has 0 aliphatic carbocycles. The average Bonchev–Trinajstić information content (AvgIpc) is 3.12. The number of carbonyl (C=O) groups is 1. The standard InChI is InChI=1S/C26H29ClN4OS/c1-30(2)22-12-8-20(9-13-22)26(19-6-10-21(27)11-7-19)23(18-28)24(29-25(26)32)33-17-16-31-14-4-3-5-15-31/h6-13H,3-5,14-17H2,1-2H3,(H,29,32). The Bertz CT molecular complexity index is 1070. The topological polar surface area (TPSA) is 59.4 Å². The van der Waals surface area contributed by atoms with Gasteiger partial charge in [-0.2, -0.15) is 5.26 Å². The lowest BCUT2D eigenvalue weighted by atomic mass is 9.70. The normalized spacial score (nSPS) is 21.1. The molecule has 1 amide bonds. The minimum absolute atomic E-state index is 0.195. The lowest BCUT2D eigenvalue weighted by Crippen LogP contribution is -2.39. The van der Waals surface area contributed by atoms with Crippen molar-refractivity contribution < 1.29 is 4.79 Å². The Kier molecular flexibility index (Phi) is 7.33. The van der Waals surface area contributed by atoms with E-state index in [4.69, 9.17) is 11.6 Å². The maximum absolute atomic E-state index is 13.7. The average molecular weight is 481 g/mol. The molecule has 7 heteroatoms. The van der Waals surface area contributed by atoms with Crippen molar-refractivity contribution in [3.63, 3.8) is 0 Å². The zero-order valence-corrected chi connectivity index (χ0v) is 20.7. The van der Waals surface area contributed by atoms with E-state index in [0.29, 0.717) is 15.6 Å². The number of hydrogen-bond acceptors (Lipinski definition) is 5. The van der Waals surface area contributed by atoms with Gasteiger partial charge in [-0.05, 0) is 61.3 Å². The van der Waals surface area contributed by atoms with Crippen molar-refractivity contribution in [2.75, 3.05) is 44.4 Å². The van der Waals surface area contributed by atoms with Gasteiger partial charge in [-0.3, -0.25) is 4.79 Å². The molecule has 1 unspecified atom stereocenters. The summed E-state index contributed by atoms with van der Waals surface area (Å²) in [4.78, 5) is 18.1. The third kappa shape index (κ3) is 4.63. The first-order valence-corrected chi connectivity index (χ1v) is 12.7. The molecule has 0 aromatic heterocycles. The van der Waals surface area contributed by atoms with Crippen LogP contribution in [0.5, 0.6) is 0 Å². The van der Waals surface area contributed by atoms with Crippen LogP contribution in [0.3, 0.4) is 0 Å². The van der Waals surface area contributed by atoms with Crippen LogP contribution in [0.1, 0.15) is 30.4 Å². The number of thioether (sulfide) groups is 1. The van der Waals surface area contributed by atoms with Crippen molar-refractivity contribution in [1.29, 1.82) is 5.26 Å². The quantitative estimate of drug-likeness (QED) is 0.618. The fraction of sp³-hybridized carbons (Fsp3) is 0.385. The van der Waals surface area contributed by atoms with E-state index in [9.17, 15) is 10.1 Å². The molecule has 2 aromatic rings. The highest BCUT2D eigenvalue weighted by Crippen LogP contribution is 2.46. The van der Waals surface area contributed by atoms with Crippen molar-refractivity contribution in [3.8, 4) is 6.07 Å². The molecule has 0 saturated carbocycles. The highest BCUT2D eigenvalue weighted by Gasteiger charge is 2.52. The Labute approximate surface area is 205 Å². The highest BCUT2D eigenvalue weighted by molar-refractivity contribution is 8.03. The van der Waals surface area contributed by atoms with Crippen molar-refractivity contribution >= 4 is 35.0 Å². The third-order valence-electron chi connectivity index (χ3n) is 6.48. The zero-order valence-electron chi connectivity index (χ0n) is 19.1. The van der Waals surface area contributed by atoms with Crippen molar-refractivity contribution in [2.45, 2.75) is 24.7 Å². The van der Waals surface area contributed by atoms with Gasteiger partial charge in [-0.25, -0.2) is 0 Å². The van der Waals surface area contributed by atoms with Crippen LogP contribution in [0, 0.1) is 11.3 Å². The van der Waals surface area contributed by atoms with Crippen LogP contribution in [-0.4, -0.2) is 50.3 Å². The molecular formula is C26H29ClN4OS. The summed E-state index contributed by atoms with van der Waals surface area (Å²) in [5, 5.41) is 14.6. The predicted molar refractivity (Wildman–Crippen MR) is 137 cm³/mol. The summed E-state index contributed by atoms with van der Waals surface area (Å²) in [6.07, 6.45) is 3.80. The molecule has 1 N–H and O–H groups in total. The lowest BCUT2D eigenvalue weighted by Gasteiger charge is -2.29. The van der Waals surface area contributed by atoms with Gasteiger partial charge in [0, 0.05) is 37.1 Å². The van der Waals surface area contributed by atoms with E-state index in [1.807, 2.05) is 55.4 Å². The number of benzene rings is 2. The molecule has 0 radical (unpaired) electrons. The Balaban J connectivity index is 1.73. The van der Waals surface area contributed by atoms with Gasteiger partial charge in [-0.1, -0.05) is 42.3 Å². The first-order valence-electron chi connectivity index (χ1n) is 11.3. The van der Waals surface area contributed by atoms with Gasteiger partial charge in [-0.15, -0.1) is 11.8 Å². The van der Waals surface area contributed by atoms with Crippen molar-refractivity contribution in [1.82, 2.24) is 10.2 Å². The smallest absolute Gasteiger partial charge is 0.245 e. The van der Waals surface area contributed by atoms with E-state index < -0.39 is 5.41 Å². The van der Waals surface area contributed by atoms with Crippen LogP contribution in [-0.2, 0) is 10.2 Å². The monoisotopic (exact) mass is 480 g/mol. The van der Waals surface area contributed by atoms with Crippen LogP contribution in [0.2, 0.25) is 5.02 Å². The SMILES string of the molecule is CN(C)c1ccc(C2(c3ccc(Cl)cc3)C(=O)NC(SCCN3CCCCC3)=C2C#N)cc1. The fourth-order valence-corrected chi connectivity index (χ4v) is 5.86. The molecule has 1 atom stereocenters.